The second kappa shape index (κ2) is 4.49. The Labute approximate surface area is 96.1 Å². The Bertz CT molecular complexity index is 486. The Morgan fingerprint density at radius 1 is 1.31 bits per heavy atom. The van der Waals surface area contributed by atoms with E-state index in [1.165, 1.54) is 16.7 Å². The minimum absolute atomic E-state index is 0.906. The summed E-state index contributed by atoms with van der Waals surface area (Å²) in [6.07, 6.45) is 1.97. The number of rotatable bonds is 3. The topological polar surface area (TPSA) is 29.9 Å². The van der Waals surface area contributed by atoms with Gasteiger partial charge in [0, 0.05) is 25.4 Å². The molecule has 0 spiro atoms. The lowest BCUT2D eigenvalue weighted by atomic mass is 10.0. The number of nitrogens with zero attached hydrogens (tertiary/aromatic N) is 2. The molecule has 84 valence electrons. The van der Waals surface area contributed by atoms with Gasteiger partial charge < -0.3 is 5.32 Å². The van der Waals surface area contributed by atoms with Crippen molar-refractivity contribution in [1.29, 1.82) is 0 Å². The first-order valence-corrected chi connectivity index (χ1v) is 5.45. The molecule has 1 aromatic carbocycles. The van der Waals surface area contributed by atoms with E-state index in [-0.39, 0.29) is 0 Å². The van der Waals surface area contributed by atoms with Crippen LogP contribution in [0.15, 0.2) is 30.5 Å². The van der Waals surface area contributed by atoms with Gasteiger partial charge in [-0.25, -0.2) is 0 Å². The average molecular weight is 215 g/mol. The zero-order chi connectivity index (χ0) is 11.5. The van der Waals surface area contributed by atoms with Gasteiger partial charge >= 0.3 is 0 Å². The summed E-state index contributed by atoms with van der Waals surface area (Å²) in [6.45, 7) is 3.03. The standard InChI is InChI=1S/C13H17N3/c1-10-8-11(9-14-2)4-5-12(10)13-6-7-16(3)15-13/h4-8,14H,9H2,1-3H3. The van der Waals surface area contributed by atoms with Gasteiger partial charge in [-0.1, -0.05) is 18.2 Å². The van der Waals surface area contributed by atoms with Crippen molar-refractivity contribution < 1.29 is 0 Å². The normalized spacial score (nSPS) is 10.7. The van der Waals surface area contributed by atoms with Crippen molar-refractivity contribution in [2.24, 2.45) is 7.05 Å². The lowest BCUT2D eigenvalue weighted by Gasteiger charge is -2.06. The van der Waals surface area contributed by atoms with E-state index in [0.29, 0.717) is 0 Å². The Morgan fingerprint density at radius 3 is 2.69 bits per heavy atom. The van der Waals surface area contributed by atoms with Crippen molar-refractivity contribution in [2.75, 3.05) is 7.05 Å². The van der Waals surface area contributed by atoms with Crippen LogP contribution in [0, 0.1) is 6.92 Å². The van der Waals surface area contributed by atoms with Gasteiger partial charge in [0.25, 0.3) is 0 Å². The molecule has 0 aliphatic carbocycles. The van der Waals surface area contributed by atoms with Gasteiger partial charge in [-0.3, -0.25) is 4.68 Å². The molecule has 2 aromatic rings. The lowest BCUT2D eigenvalue weighted by molar-refractivity contribution is 0.770. The van der Waals surface area contributed by atoms with Crippen LogP contribution in [-0.2, 0) is 13.6 Å². The smallest absolute Gasteiger partial charge is 0.0925 e. The fourth-order valence-corrected chi connectivity index (χ4v) is 1.89. The molecule has 0 saturated heterocycles. The van der Waals surface area contributed by atoms with Crippen LogP contribution in [0.25, 0.3) is 11.3 Å². The molecule has 1 aromatic heterocycles. The Kier molecular flexibility index (Phi) is 3.06. The monoisotopic (exact) mass is 215 g/mol. The highest BCUT2D eigenvalue weighted by atomic mass is 15.2. The molecule has 0 aliphatic rings. The van der Waals surface area contributed by atoms with Crippen LogP contribution in [0.1, 0.15) is 11.1 Å². The number of aryl methyl sites for hydroxylation is 2. The van der Waals surface area contributed by atoms with Crippen LogP contribution >= 0.6 is 0 Å². The molecule has 16 heavy (non-hydrogen) atoms. The first kappa shape index (κ1) is 10.9. The quantitative estimate of drug-likeness (QED) is 0.850. The van der Waals surface area contributed by atoms with Crippen molar-refractivity contribution in [3.8, 4) is 11.3 Å². The molecule has 0 unspecified atom stereocenters. The molecule has 2 rings (SSSR count). The van der Waals surface area contributed by atoms with Gasteiger partial charge in [0.1, 0.15) is 0 Å². The Balaban J connectivity index is 2.36. The SMILES string of the molecule is CNCc1ccc(-c2ccn(C)n2)c(C)c1. The predicted octanol–water partition coefficient (Wildman–Crippen LogP) is 2.11. The van der Waals surface area contributed by atoms with Crippen LogP contribution in [0.2, 0.25) is 0 Å². The molecular weight excluding hydrogens is 198 g/mol. The van der Waals surface area contributed by atoms with Crippen LogP contribution in [-0.4, -0.2) is 16.8 Å². The summed E-state index contributed by atoms with van der Waals surface area (Å²) in [4.78, 5) is 0. The van der Waals surface area contributed by atoms with Gasteiger partial charge in [-0.15, -0.1) is 0 Å². The molecule has 0 atom stereocenters. The maximum Gasteiger partial charge on any atom is 0.0925 e. The van der Waals surface area contributed by atoms with E-state index < -0.39 is 0 Å². The Morgan fingerprint density at radius 2 is 2.12 bits per heavy atom. The maximum absolute atomic E-state index is 4.42. The molecule has 0 radical (unpaired) electrons. The highest BCUT2D eigenvalue weighted by molar-refractivity contribution is 5.63. The Hall–Kier alpha value is -1.61. The third-order valence-electron chi connectivity index (χ3n) is 2.66. The summed E-state index contributed by atoms with van der Waals surface area (Å²) in [5.41, 5.74) is 4.82. The van der Waals surface area contributed by atoms with E-state index in [1.807, 2.05) is 31.0 Å². The second-order valence-electron chi connectivity index (χ2n) is 4.05. The number of aromatic nitrogens is 2. The predicted molar refractivity (Wildman–Crippen MR) is 66.1 cm³/mol. The summed E-state index contributed by atoms with van der Waals surface area (Å²) in [6, 6.07) is 8.54. The minimum atomic E-state index is 0.906. The van der Waals surface area contributed by atoms with E-state index in [2.05, 4.69) is 35.5 Å². The van der Waals surface area contributed by atoms with E-state index in [4.69, 9.17) is 0 Å². The van der Waals surface area contributed by atoms with Gasteiger partial charge in [0.15, 0.2) is 0 Å². The molecule has 1 heterocycles. The van der Waals surface area contributed by atoms with Gasteiger partial charge in [0.05, 0.1) is 5.69 Å². The van der Waals surface area contributed by atoms with Gasteiger partial charge in [-0.2, -0.15) is 5.10 Å². The lowest BCUT2D eigenvalue weighted by Crippen LogP contribution is -2.05. The first-order chi connectivity index (χ1) is 7.70. The zero-order valence-corrected chi connectivity index (χ0v) is 9.99. The number of nitrogens with one attached hydrogen (secondary N) is 1. The molecule has 0 amide bonds. The van der Waals surface area contributed by atoms with E-state index >= 15 is 0 Å². The molecule has 0 fully saturated rings. The summed E-state index contributed by atoms with van der Waals surface area (Å²) in [5.74, 6) is 0. The van der Waals surface area contributed by atoms with Crippen molar-refractivity contribution in [1.82, 2.24) is 15.1 Å². The molecule has 0 bridgehead atoms. The summed E-state index contributed by atoms with van der Waals surface area (Å²) >= 11 is 0. The van der Waals surface area contributed by atoms with Gasteiger partial charge in [0.2, 0.25) is 0 Å². The molecular formula is C13H17N3. The number of hydrogen-bond acceptors (Lipinski definition) is 2. The summed E-state index contributed by atoms with van der Waals surface area (Å²) < 4.78 is 1.83. The van der Waals surface area contributed by atoms with Crippen LogP contribution in [0.5, 0.6) is 0 Å². The van der Waals surface area contributed by atoms with Crippen LogP contribution in [0.3, 0.4) is 0 Å². The molecule has 3 heteroatoms. The highest BCUT2D eigenvalue weighted by Crippen LogP contribution is 2.22. The third kappa shape index (κ3) is 2.14. The van der Waals surface area contributed by atoms with E-state index in [9.17, 15) is 0 Å². The van der Waals surface area contributed by atoms with Crippen molar-refractivity contribution in [3.05, 3.63) is 41.6 Å². The molecule has 0 aliphatic heterocycles. The maximum atomic E-state index is 4.42. The van der Waals surface area contributed by atoms with Crippen LogP contribution in [0.4, 0.5) is 0 Å². The highest BCUT2D eigenvalue weighted by Gasteiger charge is 2.05. The fourth-order valence-electron chi connectivity index (χ4n) is 1.89. The fraction of sp³-hybridized carbons (Fsp3) is 0.308. The first-order valence-electron chi connectivity index (χ1n) is 5.45. The van der Waals surface area contributed by atoms with E-state index in [0.717, 1.165) is 12.2 Å². The minimum Gasteiger partial charge on any atom is -0.316 e. The molecule has 3 nitrogen and oxygen atoms in total. The average Bonchev–Trinajstić information content (AvgIpc) is 2.65. The van der Waals surface area contributed by atoms with Crippen molar-refractivity contribution in [2.45, 2.75) is 13.5 Å². The zero-order valence-electron chi connectivity index (χ0n) is 9.99. The molecule has 0 saturated carbocycles. The van der Waals surface area contributed by atoms with Crippen molar-refractivity contribution >= 4 is 0 Å². The largest absolute Gasteiger partial charge is 0.316 e. The van der Waals surface area contributed by atoms with E-state index in [1.54, 1.807) is 0 Å². The number of hydrogen-bond donors (Lipinski definition) is 1. The second-order valence-corrected chi connectivity index (χ2v) is 4.05. The van der Waals surface area contributed by atoms with Crippen LogP contribution < -0.4 is 5.32 Å². The van der Waals surface area contributed by atoms with Crippen molar-refractivity contribution in [3.63, 3.8) is 0 Å². The number of benzene rings is 1. The van der Waals surface area contributed by atoms with Gasteiger partial charge in [-0.05, 0) is 31.2 Å². The summed E-state index contributed by atoms with van der Waals surface area (Å²) in [7, 11) is 3.90. The summed E-state index contributed by atoms with van der Waals surface area (Å²) in [5, 5.41) is 7.57. The third-order valence-corrected chi connectivity index (χ3v) is 2.66. The molecule has 1 N–H and O–H groups in total.